The highest BCUT2D eigenvalue weighted by molar-refractivity contribution is 6.21. The summed E-state index contributed by atoms with van der Waals surface area (Å²) in [7, 11) is 2.58. The van der Waals surface area contributed by atoms with Crippen molar-refractivity contribution >= 4 is 35.6 Å². The summed E-state index contributed by atoms with van der Waals surface area (Å²) in [6, 6.07) is 27.3. The van der Waals surface area contributed by atoms with Gasteiger partial charge in [-0.05, 0) is 49.2 Å². The number of ether oxygens (including phenoxy) is 2. The predicted molar refractivity (Wildman–Crippen MR) is 179 cm³/mol. The minimum atomic E-state index is -1.19. The highest BCUT2D eigenvalue weighted by atomic mass is 16.5. The number of carboxylic acid groups (broad SMARTS) is 1. The molecule has 11 heteroatoms. The fourth-order valence-electron chi connectivity index (χ4n) is 5.28. The second-order valence-corrected chi connectivity index (χ2v) is 11.3. The molecule has 0 radical (unpaired) electrons. The van der Waals surface area contributed by atoms with Crippen LogP contribution in [0.1, 0.15) is 75.5 Å². The number of nitrogens with zero attached hydrogens (tertiary/aromatic N) is 1. The number of rotatable bonds is 10. The van der Waals surface area contributed by atoms with E-state index in [9.17, 15) is 28.8 Å². The van der Waals surface area contributed by atoms with Gasteiger partial charge in [0, 0.05) is 13.1 Å². The number of fused-ring (bicyclic) bond motifs is 1. The Labute approximate surface area is 283 Å². The first kappa shape index (κ1) is 35.7. The van der Waals surface area contributed by atoms with Crippen molar-refractivity contribution in [2.75, 3.05) is 27.3 Å². The Hall–Kier alpha value is -6.10. The highest BCUT2D eigenvalue weighted by Crippen LogP contribution is 2.27. The van der Waals surface area contributed by atoms with Crippen molar-refractivity contribution in [2.24, 2.45) is 0 Å². The molecule has 2 unspecified atom stereocenters. The maximum atomic E-state index is 12.5. The van der Waals surface area contributed by atoms with E-state index < -0.39 is 35.7 Å². The molecule has 3 amide bonds. The summed E-state index contributed by atoms with van der Waals surface area (Å²) in [5.41, 5.74) is 4.22. The van der Waals surface area contributed by atoms with Crippen LogP contribution in [0.25, 0.3) is 0 Å². The molecule has 0 aromatic heterocycles. The van der Waals surface area contributed by atoms with Gasteiger partial charge in [0.2, 0.25) is 0 Å². The van der Waals surface area contributed by atoms with Crippen LogP contribution in [0.2, 0.25) is 0 Å². The van der Waals surface area contributed by atoms with Gasteiger partial charge in [-0.2, -0.15) is 0 Å². The van der Waals surface area contributed by atoms with Gasteiger partial charge < -0.3 is 19.9 Å². The Kier molecular flexibility index (Phi) is 11.8. The zero-order valence-electron chi connectivity index (χ0n) is 27.5. The van der Waals surface area contributed by atoms with Crippen molar-refractivity contribution in [3.05, 3.63) is 142 Å². The summed E-state index contributed by atoms with van der Waals surface area (Å²) >= 11 is 0. The average molecular weight is 665 g/mol. The van der Waals surface area contributed by atoms with Crippen LogP contribution in [0.4, 0.5) is 0 Å². The lowest BCUT2D eigenvalue weighted by Gasteiger charge is -2.21. The number of carbonyl (C=O) groups excluding carboxylic acids is 5. The third-order valence-corrected chi connectivity index (χ3v) is 8.04. The van der Waals surface area contributed by atoms with Crippen molar-refractivity contribution in [2.45, 2.75) is 25.7 Å². The second-order valence-electron chi connectivity index (χ2n) is 11.3. The minimum absolute atomic E-state index is 0.00250. The van der Waals surface area contributed by atoms with Crippen LogP contribution in [0.3, 0.4) is 0 Å². The molecule has 49 heavy (non-hydrogen) atoms. The number of amides is 3. The molecule has 252 valence electrons. The number of imide groups is 1. The van der Waals surface area contributed by atoms with E-state index in [1.165, 1.54) is 26.4 Å². The zero-order valence-corrected chi connectivity index (χ0v) is 27.5. The molecule has 4 aromatic carbocycles. The summed E-state index contributed by atoms with van der Waals surface area (Å²) < 4.78 is 9.68. The average Bonchev–Trinajstić information content (AvgIpc) is 3.36. The molecule has 0 fully saturated rings. The fraction of sp³-hybridized carbons (Fsp3) is 0.211. The largest absolute Gasteiger partial charge is 0.478 e. The molecule has 0 aliphatic carbocycles. The lowest BCUT2D eigenvalue weighted by Crippen LogP contribution is -2.36. The molecule has 2 atom stereocenters. The molecule has 0 bridgehead atoms. The molecule has 2 N–H and O–H groups in total. The Morgan fingerprint density at radius 3 is 1.55 bits per heavy atom. The molecule has 4 aromatic rings. The molecule has 0 saturated carbocycles. The van der Waals surface area contributed by atoms with Gasteiger partial charge >= 0.3 is 17.9 Å². The SMILES string of the molecule is COC(=O)C(CN1C(=O)c2ccccc2C1=O)c1ccc(C)cc1.COC(=O)C(CNC(=O)c1ccccc1C(=O)O)c1ccc(C)cc1. The summed E-state index contributed by atoms with van der Waals surface area (Å²) in [5, 5.41) is 11.8. The van der Waals surface area contributed by atoms with E-state index in [1.54, 1.807) is 48.5 Å². The molecule has 11 nitrogen and oxygen atoms in total. The second kappa shape index (κ2) is 16.1. The molecule has 1 aliphatic heterocycles. The van der Waals surface area contributed by atoms with Crippen molar-refractivity contribution < 1.29 is 43.3 Å². The molecular formula is C38H36N2O9. The summed E-state index contributed by atoms with van der Waals surface area (Å²) in [6.45, 7) is 3.84. The van der Waals surface area contributed by atoms with Crippen molar-refractivity contribution in [1.29, 1.82) is 0 Å². The Bertz CT molecular complexity index is 1830. The summed E-state index contributed by atoms with van der Waals surface area (Å²) in [4.78, 5) is 73.9. The van der Waals surface area contributed by atoms with Crippen molar-refractivity contribution in [1.82, 2.24) is 10.2 Å². The summed E-state index contributed by atoms with van der Waals surface area (Å²) in [5.74, 6) is -4.84. The van der Waals surface area contributed by atoms with Gasteiger partial charge in [-0.1, -0.05) is 83.9 Å². The first-order valence-corrected chi connectivity index (χ1v) is 15.3. The van der Waals surface area contributed by atoms with E-state index in [-0.39, 0.29) is 36.0 Å². The summed E-state index contributed by atoms with van der Waals surface area (Å²) in [6.07, 6.45) is 0. The third kappa shape index (κ3) is 8.44. The molecule has 1 aliphatic rings. The first-order chi connectivity index (χ1) is 23.5. The number of aromatic carboxylic acids is 1. The lowest BCUT2D eigenvalue weighted by molar-refractivity contribution is -0.143. The maximum absolute atomic E-state index is 12.5. The third-order valence-electron chi connectivity index (χ3n) is 8.04. The minimum Gasteiger partial charge on any atom is -0.478 e. The number of benzene rings is 4. The quantitative estimate of drug-likeness (QED) is 0.177. The van der Waals surface area contributed by atoms with Gasteiger partial charge in [0.05, 0.1) is 48.3 Å². The zero-order chi connectivity index (χ0) is 35.7. The van der Waals surface area contributed by atoms with E-state index >= 15 is 0 Å². The van der Waals surface area contributed by atoms with Gasteiger partial charge in [0.1, 0.15) is 0 Å². The monoisotopic (exact) mass is 664 g/mol. The molecule has 0 saturated heterocycles. The lowest BCUT2D eigenvalue weighted by atomic mass is 9.97. The Balaban J connectivity index is 0.000000221. The van der Waals surface area contributed by atoms with Gasteiger partial charge in [-0.15, -0.1) is 0 Å². The van der Waals surface area contributed by atoms with Gasteiger partial charge in [-0.3, -0.25) is 28.9 Å². The predicted octanol–water partition coefficient (Wildman–Crippen LogP) is 4.93. The molecule has 0 spiro atoms. The Morgan fingerprint density at radius 1 is 0.653 bits per heavy atom. The number of carboxylic acids is 1. The fourth-order valence-corrected chi connectivity index (χ4v) is 5.28. The van der Waals surface area contributed by atoms with E-state index in [0.717, 1.165) is 16.0 Å². The number of aryl methyl sites for hydroxylation is 2. The van der Waals surface area contributed by atoms with Crippen LogP contribution >= 0.6 is 0 Å². The van der Waals surface area contributed by atoms with Gasteiger partial charge in [0.25, 0.3) is 17.7 Å². The van der Waals surface area contributed by atoms with E-state index in [0.29, 0.717) is 22.3 Å². The van der Waals surface area contributed by atoms with Crippen LogP contribution < -0.4 is 5.32 Å². The van der Waals surface area contributed by atoms with Crippen LogP contribution in [0, 0.1) is 13.8 Å². The number of hydrogen-bond donors (Lipinski definition) is 2. The van der Waals surface area contributed by atoms with Crippen LogP contribution in [-0.2, 0) is 19.1 Å². The van der Waals surface area contributed by atoms with Gasteiger partial charge in [0.15, 0.2) is 0 Å². The molecular weight excluding hydrogens is 628 g/mol. The van der Waals surface area contributed by atoms with E-state index in [2.05, 4.69) is 5.32 Å². The number of carbonyl (C=O) groups is 6. The standard InChI is InChI=1S/C19H19NO5.C19H17NO4/c1-12-7-9-13(10-8-12)16(19(24)25-2)11-20-17(21)14-5-3-4-6-15(14)18(22)23;1-12-7-9-13(10-8-12)16(19(23)24-2)11-20-17(21)14-5-3-4-6-15(14)18(20)22/h3-10,16H,11H2,1-2H3,(H,20,21)(H,22,23);3-10,16H,11H2,1-2H3. The maximum Gasteiger partial charge on any atom is 0.336 e. The first-order valence-electron chi connectivity index (χ1n) is 15.3. The topological polar surface area (TPSA) is 156 Å². The van der Waals surface area contributed by atoms with Crippen molar-refractivity contribution in [3.63, 3.8) is 0 Å². The molecule has 1 heterocycles. The smallest absolute Gasteiger partial charge is 0.336 e. The number of hydrogen-bond acceptors (Lipinski definition) is 8. The normalized spacial score (nSPS) is 12.9. The van der Waals surface area contributed by atoms with Crippen molar-refractivity contribution in [3.8, 4) is 0 Å². The highest BCUT2D eigenvalue weighted by Gasteiger charge is 2.38. The van der Waals surface area contributed by atoms with Crippen LogP contribution in [0.15, 0.2) is 97.1 Å². The van der Waals surface area contributed by atoms with Crippen LogP contribution in [0.5, 0.6) is 0 Å². The van der Waals surface area contributed by atoms with E-state index in [1.807, 2.05) is 50.2 Å². The van der Waals surface area contributed by atoms with E-state index in [4.69, 9.17) is 14.6 Å². The van der Waals surface area contributed by atoms with Gasteiger partial charge in [-0.25, -0.2) is 4.79 Å². The van der Waals surface area contributed by atoms with Crippen LogP contribution in [-0.4, -0.2) is 72.9 Å². The number of nitrogens with one attached hydrogen (secondary N) is 1. The molecule has 5 rings (SSSR count). The number of esters is 2. The Morgan fingerprint density at radius 2 is 1.08 bits per heavy atom. The number of methoxy groups -OCH3 is 2.